The Morgan fingerprint density at radius 2 is 0.704 bits per heavy atom. The van der Waals surface area contributed by atoms with Crippen molar-refractivity contribution < 1.29 is 22.2 Å². The maximum atomic E-state index is 8.25. The van der Waals surface area contributed by atoms with Crippen molar-refractivity contribution in [3.63, 3.8) is 0 Å². The molecular formula is C41H25CuN11O-4. The van der Waals surface area contributed by atoms with Crippen LogP contribution in [0.5, 0.6) is 0 Å². The van der Waals surface area contributed by atoms with Gasteiger partial charge in [-0.1, -0.05) is 121 Å². The van der Waals surface area contributed by atoms with Gasteiger partial charge in [-0.2, -0.15) is 7.11 Å². The van der Waals surface area contributed by atoms with Crippen LogP contribution in [-0.2, 0) is 17.1 Å². The molecule has 4 aliphatic rings. The fraction of sp³-hybridized carbons (Fsp3) is 0.0244. The average molecular weight is 751 g/mol. The third-order valence-electron chi connectivity index (χ3n) is 8.99. The summed E-state index contributed by atoms with van der Waals surface area (Å²) in [5.41, 5.74) is 7.99. The largest absolute Gasteiger partial charge is 0.857 e. The molecule has 8 bridgehead atoms. The molecule has 0 fully saturated rings. The van der Waals surface area contributed by atoms with Gasteiger partial charge in [-0.3, -0.25) is 0 Å². The minimum Gasteiger partial charge on any atom is -0.857 e. The van der Waals surface area contributed by atoms with Crippen LogP contribution in [0.25, 0.3) is 95.7 Å². The smallest absolute Gasteiger partial charge is 0.161 e. The van der Waals surface area contributed by atoms with E-state index in [1.54, 1.807) is 0 Å². The second-order valence-electron chi connectivity index (χ2n) is 12.0. The van der Waals surface area contributed by atoms with Crippen molar-refractivity contribution in [2.24, 2.45) is 0 Å². The Kier molecular flexibility index (Phi) is 8.80. The molecule has 7 aromatic rings. The van der Waals surface area contributed by atoms with Gasteiger partial charge < -0.3 is 51.1 Å². The molecule has 5 aromatic carbocycles. The zero-order valence-electron chi connectivity index (χ0n) is 28.3. The van der Waals surface area contributed by atoms with Crippen molar-refractivity contribution in [1.29, 1.82) is 10.8 Å². The summed E-state index contributed by atoms with van der Waals surface area (Å²) in [6, 6.07) is 39.1. The standard InChI is InChI=1S/C32H16N8.C8H6N3.CH3O.Cu/c1-2-10-18-17(9-1)25-33-26(18)38-28-21-13-5-6-14-22(21)30(35-28)40-32-24-16-8-7-15-23(24)31(36-32)39-29-20-12-4-3-11-19(20)27(34-29)37-25;9-7-5-3-1-2-4-6(5)8(10)11-7;1-2;/h1-16H;1-4H,(H2-,9,10,11);1H3;/q-2;2*-1;. The second-order valence-corrected chi connectivity index (χ2v) is 12.0. The Bertz CT molecular complexity index is 2670. The number of rotatable bonds is 0. The van der Waals surface area contributed by atoms with E-state index >= 15 is 0 Å². The number of aromatic nitrogens is 8. The van der Waals surface area contributed by atoms with Crippen molar-refractivity contribution in [3.05, 3.63) is 138 Å². The van der Waals surface area contributed by atoms with Gasteiger partial charge in [-0.15, -0.1) is 0 Å². The van der Waals surface area contributed by atoms with Gasteiger partial charge in [0.15, 0.2) is 5.82 Å². The average Bonchev–Trinajstić information content (AvgIpc) is 4.00. The molecule has 0 saturated heterocycles. The van der Waals surface area contributed by atoms with E-state index in [-0.39, 0.29) is 28.7 Å². The van der Waals surface area contributed by atoms with E-state index in [4.69, 9.17) is 55.8 Å². The number of hydrogen-bond acceptors (Lipinski definition) is 9. The van der Waals surface area contributed by atoms with Crippen molar-refractivity contribution in [2.45, 2.75) is 0 Å². The first kappa shape index (κ1) is 34.2. The van der Waals surface area contributed by atoms with Crippen LogP contribution in [0.4, 0.5) is 0 Å². The van der Waals surface area contributed by atoms with Gasteiger partial charge in [0.1, 0.15) is 0 Å². The molecule has 2 aromatic heterocycles. The van der Waals surface area contributed by atoms with Crippen LogP contribution >= 0.6 is 0 Å². The molecule has 12 nitrogen and oxygen atoms in total. The van der Waals surface area contributed by atoms with Gasteiger partial charge in [0.2, 0.25) is 0 Å². The molecule has 0 atom stereocenters. The third-order valence-corrected chi connectivity index (χ3v) is 8.99. The fourth-order valence-corrected chi connectivity index (χ4v) is 6.59. The molecule has 2 N–H and O–H groups in total. The summed E-state index contributed by atoms with van der Waals surface area (Å²) in [6.07, 6.45) is 0. The van der Waals surface area contributed by atoms with E-state index in [1.165, 1.54) is 0 Å². The first-order valence-corrected chi connectivity index (χ1v) is 16.6. The molecule has 0 aliphatic carbocycles. The summed E-state index contributed by atoms with van der Waals surface area (Å²) in [5.74, 6) is 3.71. The minimum atomic E-state index is 0. The maximum Gasteiger partial charge on any atom is 0.161 e. The Hall–Kier alpha value is -6.92. The molecule has 6 heterocycles. The van der Waals surface area contributed by atoms with E-state index < -0.39 is 0 Å². The fourth-order valence-electron chi connectivity index (χ4n) is 6.59. The van der Waals surface area contributed by atoms with Crippen LogP contribution < -0.4 is 15.1 Å². The number of fused-ring (bicyclic) bond motifs is 21. The zero-order chi connectivity index (χ0) is 36.1. The van der Waals surface area contributed by atoms with Crippen molar-refractivity contribution in [3.8, 4) is 68.3 Å². The number of hydrogen-bond donors (Lipinski definition) is 2. The molecular weight excluding hydrogens is 726 g/mol. The van der Waals surface area contributed by atoms with E-state index in [1.807, 2.05) is 121 Å². The van der Waals surface area contributed by atoms with E-state index in [9.17, 15) is 0 Å². The molecule has 265 valence electrons. The summed E-state index contributed by atoms with van der Waals surface area (Å²) >= 11 is 0. The summed E-state index contributed by atoms with van der Waals surface area (Å²) in [5, 5.41) is 28.5. The van der Waals surface area contributed by atoms with Crippen molar-refractivity contribution in [2.75, 3.05) is 7.11 Å². The van der Waals surface area contributed by atoms with Crippen LogP contribution in [0.1, 0.15) is 11.1 Å². The summed E-state index contributed by atoms with van der Waals surface area (Å²) in [7, 11) is 0.750. The summed E-state index contributed by atoms with van der Waals surface area (Å²) in [6.45, 7) is 0. The second kappa shape index (κ2) is 13.9. The minimum absolute atomic E-state index is 0. The number of amidine groups is 2. The maximum absolute atomic E-state index is 8.25. The predicted molar refractivity (Wildman–Crippen MR) is 202 cm³/mol. The van der Waals surface area contributed by atoms with Gasteiger partial charge in [-0.05, 0) is 38.6 Å². The molecule has 13 heteroatoms. The first-order chi connectivity index (χ1) is 26.1. The Labute approximate surface area is 318 Å². The molecule has 11 rings (SSSR count). The predicted octanol–water partition coefficient (Wildman–Crippen LogP) is 6.73. The molecule has 0 saturated carbocycles. The Balaban J connectivity index is 0.000000253. The Morgan fingerprint density at radius 3 is 1.15 bits per heavy atom. The van der Waals surface area contributed by atoms with Gasteiger partial charge in [0.05, 0.1) is 11.6 Å². The Morgan fingerprint density at radius 1 is 0.389 bits per heavy atom. The molecule has 4 aliphatic heterocycles. The van der Waals surface area contributed by atoms with Gasteiger partial charge in [0.25, 0.3) is 0 Å². The molecule has 0 unspecified atom stereocenters. The van der Waals surface area contributed by atoms with Crippen LogP contribution in [0, 0.1) is 10.8 Å². The van der Waals surface area contributed by atoms with Gasteiger partial charge in [-0.25, -0.2) is 9.97 Å². The molecule has 1 radical (unpaired) electrons. The summed E-state index contributed by atoms with van der Waals surface area (Å²) < 4.78 is 0. The van der Waals surface area contributed by atoms with E-state index in [0.717, 1.165) is 62.4 Å². The first-order valence-electron chi connectivity index (χ1n) is 16.6. The van der Waals surface area contributed by atoms with Crippen LogP contribution in [-0.4, -0.2) is 48.7 Å². The van der Waals surface area contributed by atoms with E-state index in [2.05, 4.69) is 5.32 Å². The number of nitrogens with one attached hydrogen (secondary N) is 2. The number of benzene rings is 5. The monoisotopic (exact) mass is 750 g/mol. The third kappa shape index (κ3) is 5.69. The van der Waals surface area contributed by atoms with Crippen molar-refractivity contribution >= 4 is 33.7 Å². The molecule has 0 amide bonds. The zero-order valence-corrected chi connectivity index (χ0v) is 29.2. The summed E-state index contributed by atoms with van der Waals surface area (Å²) in [4.78, 5) is 39.3. The van der Waals surface area contributed by atoms with Crippen molar-refractivity contribution in [1.82, 2.24) is 39.9 Å². The molecule has 54 heavy (non-hydrogen) atoms. The SMILES string of the molecule is C[O-].N=C1[N-]C(=N)c2ccccc21.[Cu].c1ccc2c(c1)-c1nc-2nc2[n-]c(nc3nc([n-]c4nc(n1)-c1ccccc1-4)-c1ccccc1-3)c1ccccc21. The van der Waals surface area contributed by atoms with Gasteiger partial charge >= 0.3 is 0 Å². The normalized spacial score (nSPS) is 12.0. The van der Waals surface area contributed by atoms with Crippen LogP contribution in [0.2, 0.25) is 0 Å². The van der Waals surface area contributed by atoms with Gasteiger partial charge in [0, 0.05) is 74.2 Å². The number of nitrogens with zero attached hydrogens (tertiary/aromatic N) is 9. The van der Waals surface area contributed by atoms with Crippen LogP contribution in [0.3, 0.4) is 0 Å². The topological polar surface area (TPSA) is 190 Å². The molecule has 0 spiro atoms. The quantitative estimate of drug-likeness (QED) is 0.158. The van der Waals surface area contributed by atoms with Crippen LogP contribution in [0.15, 0.2) is 121 Å². The van der Waals surface area contributed by atoms with E-state index in [0.29, 0.717) is 46.2 Å².